The van der Waals surface area contributed by atoms with E-state index in [1.807, 2.05) is 0 Å². The number of hydrogen-bond donors (Lipinski definition) is 0. The minimum atomic E-state index is -0.949. The van der Waals surface area contributed by atoms with E-state index in [4.69, 9.17) is 11.6 Å². The van der Waals surface area contributed by atoms with E-state index in [-0.39, 0.29) is 4.47 Å². The average Bonchev–Trinajstić information content (AvgIpc) is 2.19. The first-order valence-corrected chi connectivity index (χ1v) is 5.03. The third kappa shape index (κ3) is 2.32. The Morgan fingerprint density at radius 3 is 2.67 bits per heavy atom. The van der Waals surface area contributed by atoms with Crippen molar-refractivity contribution in [2.24, 2.45) is 0 Å². The first kappa shape index (κ1) is 12.1. The minimum Gasteiger partial charge on any atom is -0.292 e. The van der Waals surface area contributed by atoms with Crippen LogP contribution in [0.5, 0.6) is 0 Å². The van der Waals surface area contributed by atoms with Crippen LogP contribution in [0.15, 0.2) is 16.6 Å². The number of halogens is 3. The molecular weight excluding hydrogens is 292 g/mol. The molecule has 4 nitrogen and oxygen atoms in total. The van der Waals surface area contributed by atoms with Crippen molar-refractivity contribution >= 4 is 39.0 Å². The molecule has 0 aliphatic carbocycles. The molecule has 0 atom stereocenters. The highest BCUT2D eigenvalue weighted by Gasteiger charge is 2.26. The lowest BCUT2D eigenvalue weighted by atomic mass is 10.1. The molecule has 0 bridgehead atoms. The molecule has 0 amide bonds. The molecule has 0 spiro atoms. The van der Waals surface area contributed by atoms with Crippen LogP contribution in [0.2, 0.25) is 0 Å². The zero-order valence-corrected chi connectivity index (χ0v) is 9.51. The molecule has 0 radical (unpaired) electrons. The molecule has 1 aromatic rings. The van der Waals surface area contributed by atoms with Crippen LogP contribution in [0.4, 0.5) is 10.1 Å². The number of ketones is 1. The zero-order valence-electron chi connectivity index (χ0n) is 7.17. The lowest BCUT2D eigenvalue weighted by Gasteiger charge is -2.02. The van der Waals surface area contributed by atoms with E-state index in [1.165, 1.54) is 6.07 Å². The van der Waals surface area contributed by atoms with Crippen molar-refractivity contribution < 1.29 is 14.1 Å². The van der Waals surface area contributed by atoms with Gasteiger partial charge >= 0.3 is 0 Å². The number of alkyl halides is 1. The van der Waals surface area contributed by atoms with Crippen LogP contribution in [0.25, 0.3) is 0 Å². The van der Waals surface area contributed by atoms with E-state index in [0.29, 0.717) is 0 Å². The van der Waals surface area contributed by atoms with Crippen molar-refractivity contribution in [1.29, 1.82) is 0 Å². The summed E-state index contributed by atoms with van der Waals surface area (Å²) in [5.41, 5.74) is -1.19. The number of Topliss-reactive ketones (excluding diaryl/α,β-unsaturated/α-hetero) is 1. The number of benzene rings is 1. The van der Waals surface area contributed by atoms with Crippen LogP contribution in [-0.4, -0.2) is 16.6 Å². The standard InChI is InChI=1S/C8H4BrClFNO3/c9-4-1-2-5(11)7(6(13)3-10)8(4)12(14)15/h1-2H,3H2. The van der Waals surface area contributed by atoms with Crippen LogP contribution in [0.3, 0.4) is 0 Å². The Hall–Kier alpha value is -1.01. The smallest absolute Gasteiger partial charge is 0.292 e. The summed E-state index contributed by atoms with van der Waals surface area (Å²) in [6.07, 6.45) is 0. The maximum atomic E-state index is 13.2. The molecule has 0 heterocycles. The van der Waals surface area contributed by atoms with Crippen molar-refractivity contribution in [3.05, 3.63) is 38.1 Å². The van der Waals surface area contributed by atoms with Gasteiger partial charge in [-0.1, -0.05) is 0 Å². The quantitative estimate of drug-likeness (QED) is 0.373. The highest BCUT2D eigenvalue weighted by Crippen LogP contribution is 2.31. The monoisotopic (exact) mass is 295 g/mol. The predicted molar refractivity (Wildman–Crippen MR) is 55.8 cm³/mol. The molecule has 15 heavy (non-hydrogen) atoms. The number of nitro groups is 1. The fraction of sp³-hybridized carbons (Fsp3) is 0.125. The maximum Gasteiger partial charge on any atom is 0.297 e. The Labute approximate surface area is 97.3 Å². The van der Waals surface area contributed by atoms with Gasteiger partial charge in [-0.05, 0) is 28.1 Å². The summed E-state index contributed by atoms with van der Waals surface area (Å²) in [6, 6.07) is 2.13. The second kappa shape index (κ2) is 4.67. The predicted octanol–water partition coefficient (Wildman–Crippen LogP) is 2.92. The first-order valence-electron chi connectivity index (χ1n) is 3.70. The molecular formula is C8H4BrClFNO3. The number of nitro benzene ring substituents is 1. The fourth-order valence-corrected chi connectivity index (χ4v) is 1.66. The first-order chi connectivity index (χ1) is 6.99. The van der Waals surface area contributed by atoms with Gasteiger partial charge in [0.05, 0.1) is 15.3 Å². The molecule has 1 rings (SSSR count). The van der Waals surface area contributed by atoms with Crippen LogP contribution in [0.1, 0.15) is 10.4 Å². The van der Waals surface area contributed by atoms with E-state index in [9.17, 15) is 19.3 Å². The lowest BCUT2D eigenvalue weighted by Crippen LogP contribution is -2.08. The summed E-state index contributed by atoms with van der Waals surface area (Å²) in [5, 5.41) is 10.6. The van der Waals surface area contributed by atoms with Gasteiger partial charge < -0.3 is 0 Å². The Kier molecular flexibility index (Phi) is 3.76. The van der Waals surface area contributed by atoms with Crippen molar-refractivity contribution in [3.8, 4) is 0 Å². The molecule has 0 saturated carbocycles. The van der Waals surface area contributed by atoms with Gasteiger partial charge in [-0.2, -0.15) is 0 Å². The molecule has 0 aromatic heterocycles. The van der Waals surface area contributed by atoms with Gasteiger partial charge in [0, 0.05) is 0 Å². The van der Waals surface area contributed by atoms with E-state index < -0.39 is 33.7 Å². The summed E-state index contributed by atoms with van der Waals surface area (Å²) in [5.74, 6) is -2.27. The number of carbonyl (C=O) groups excluding carboxylic acids is 1. The molecule has 80 valence electrons. The molecule has 0 unspecified atom stereocenters. The van der Waals surface area contributed by atoms with Gasteiger partial charge in [0.25, 0.3) is 5.69 Å². The zero-order chi connectivity index (χ0) is 11.6. The molecule has 1 aromatic carbocycles. The van der Waals surface area contributed by atoms with E-state index in [0.717, 1.165) is 6.07 Å². The SMILES string of the molecule is O=C(CCl)c1c(F)ccc(Br)c1[N+](=O)[O-]. The summed E-state index contributed by atoms with van der Waals surface area (Å²) >= 11 is 8.11. The van der Waals surface area contributed by atoms with Gasteiger partial charge in [-0.15, -0.1) is 11.6 Å². The number of carbonyl (C=O) groups is 1. The van der Waals surface area contributed by atoms with E-state index in [1.54, 1.807) is 0 Å². The Morgan fingerprint density at radius 1 is 1.60 bits per heavy atom. The third-order valence-electron chi connectivity index (χ3n) is 1.66. The van der Waals surface area contributed by atoms with Crippen LogP contribution < -0.4 is 0 Å². The van der Waals surface area contributed by atoms with Crippen LogP contribution >= 0.6 is 27.5 Å². The molecule has 0 aliphatic rings. The highest BCUT2D eigenvalue weighted by atomic mass is 79.9. The second-order valence-corrected chi connectivity index (χ2v) is 3.69. The fourth-order valence-electron chi connectivity index (χ4n) is 1.05. The molecule has 0 saturated heterocycles. The Morgan fingerprint density at radius 2 is 2.20 bits per heavy atom. The minimum absolute atomic E-state index is 0.0439. The summed E-state index contributed by atoms with van der Waals surface area (Å²) in [7, 11) is 0. The summed E-state index contributed by atoms with van der Waals surface area (Å²) < 4.78 is 13.3. The van der Waals surface area contributed by atoms with Crippen molar-refractivity contribution in [2.45, 2.75) is 0 Å². The van der Waals surface area contributed by atoms with E-state index in [2.05, 4.69) is 15.9 Å². The van der Waals surface area contributed by atoms with Crippen molar-refractivity contribution in [3.63, 3.8) is 0 Å². The van der Waals surface area contributed by atoms with Gasteiger partial charge in [0.15, 0.2) is 5.78 Å². The van der Waals surface area contributed by atoms with E-state index >= 15 is 0 Å². The largest absolute Gasteiger partial charge is 0.297 e. The van der Waals surface area contributed by atoms with Gasteiger partial charge in [-0.3, -0.25) is 14.9 Å². The van der Waals surface area contributed by atoms with Crippen molar-refractivity contribution in [2.75, 3.05) is 5.88 Å². The molecule has 0 fully saturated rings. The average molecular weight is 296 g/mol. The van der Waals surface area contributed by atoms with Crippen LogP contribution in [-0.2, 0) is 0 Å². The number of hydrogen-bond acceptors (Lipinski definition) is 3. The second-order valence-electron chi connectivity index (χ2n) is 2.57. The Balaban J connectivity index is 3.52. The molecule has 0 aliphatic heterocycles. The van der Waals surface area contributed by atoms with Gasteiger partial charge in [0.2, 0.25) is 0 Å². The number of rotatable bonds is 3. The number of nitrogens with zero attached hydrogens (tertiary/aromatic N) is 1. The van der Waals surface area contributed by atoms with Gasteiger partial charge in [-0.25, -0.2) is 4.39 Å². The summed E-state index contributed by atoms with van der Waals surface area (Å²) in [4.78, 5) is 21.0. The molecule has 7 heteroatoms. The third-order valence-corrected chi connectivity index (χ3v) is 2.54. The topological polar surface area (TPSA) is 60.2 Å². The summed E-state index contributed by atoms with van der Waals surface area (Å²) in [6.45, 7) is 0. The Bertz CT molecular complexity index is 438. The van der Waals surface area contributed by atoms with Crippen LogP contribution in [0, 0.1) is 15.9 Å². The molecule has 0 N–H and O–H groups in total. The van der Waals surface area contributed by atoms with Crippen molar-refractivity contribution in [1.82, 2.24) is 0 Å². The normalized spacial score (nSPS) is 10.1. The maximum absolute atomic E-state index is 13.2. The lowest BCUT2D eigenvalue weighted by molar-refractivity contribution is -0.386. The highest BCUT2D eigenvalue weighted by molar-refractivity contribution is 9.10. The van der Waals surface area contributed by atoms with Gasteiger partial charge in [0.1, 0.15) is 11.4 Å².